The van der Waals surface area contributed by atoms with Gasteiger partial charge in [0.2, 0.25) is 0 Å². The van der Waals surface area contributed by atoms with Crippen molar-refractivity contribution in [3.05, 3.63) is 0 Å². The van der Waals surface area contributed by atoms with Crippen LogP contribution in [0.5, 0.6) is 0 Å². The van der Waals surface area contributed by atoms with Gasteiger partial charge in [-0.25, -0.2) is 10.7 Å². The Labute approximate surface area is 96.8 Å². The fourth-order valence-electron chi connectivity index (χ4n) is 1.96. The smallest absolute Gasteiger partial charge is 0.410 e. The summed E-state index contributed by atoms with van der Waals surface area (Å²) in [6, 6.07) is 0.0369. The summed E-state index contributed by atoms with van der Waals surface area (Å²) in [5.41, 5.74) is -0.461. The first-order valence-electron chi connectivity index (χ1n) is 5.65. The lowest BCUT2D eigenvalue weighted by Gasteiger charge is -2.28. The van der Waals surface area contributed by atoms with E-state index in [0.717, 1.165) is 6.42 Å². The molecule has 0 radical (unpaired) electrons. The summed E-state index contributed by atoms with van der Waals surface area (Å²) in [4.78, 5) is 18.2. The molecular weight excluding hydrogens is 208 g/mol. The highest BCUT2D eigenvalue weighted by Crippen LogP contribution is 2.24. The minimum atomic E-state index is -0.461. The summed E-state index contributed by atoms with van der Waals surface area (Å²) >= 11 is 0. The van der Waals surface area contributed by atoms with Crippen molar-refractivity contribution in [1.29, 1.82) is 0 Å². The van der Waals surface area contributed by atoms with Crippen LogP contribution in [0.2, 0.25) is 0 Å². The van der Waals surface area contributed by atoms with Crippen LogP contribution < -0.4 is 5.90 Å². The number of carbonyl (C=O) groups excluding carboxylic acids is 1. The monoisotopic (exact) mass is 230 g/mol. The number of hydrogen-bond donors (Lipinski definition) is 1. The molecule has 1 aliphatic heterocycles. The fraction of sp³-hybridized carbons (Fsp3) is 0.909. The molecule has 5 nitrogen and oxygen atoms in total. The third kappa shape index (κ3) is 3.64. The van der Waals surface area contributed by atoms with Gasteiger partial charge < -0.3 is 14.5 Å². The molecule has 0 bridgehead atoms. The minimum Gasteiger partial charge on any atom is -0.444 e. The predicted octanol–water partition coefficient (Wildman–Crippen LogP) is 1.52. The quantitative estimate of drug-likeness (QED) is 0.730. The molecule has 0 aromatic carbocycles. The number of carbonyl (C=O) groups is 1. The molecule has 0 aromatic rings. The number of amides is 1. The van der Waals surface area contributed by atoms with Crippen LogP contribution in [0.1, 0.15) is 34.1 Å². The second-order valence-corrected chi connectivity index (χ2v) is 5.46. The van der Waals surface area contributed by atoms with Gasteiger partial charge in [0, 0.05) is 6.54 Å². The lowest BCUT2D eigenvalue weighted by Crippen LogP contribution is -2.42. The molecule has 1 amide bonds. The van der Waals surface area contributed by atoms with Crippen LogP contribution in [0.25, 0.3) is 0 Å². The molecule has 1 aliphatic rings. The average Bonchev–Trinajstić information content (AvgIpc) is 2.44. The van der Waals surface area contributed by atoms with Crippen molar-refractivity contribution >= 4 is 6.09 Å². The van der Waals surface area contributed by atoms with Gasteiger partial charge in [0.05, 0.1) is 12.6 Å². The molecule has 1 fully saturated rings. The van der Waals surface area contributed by atoms with Crippen LogP contribution in [-0.4, -0.2) is 35.8 Å². The number of hydrogen-bond acceptors (Lipinski definition) is 4. The fourth-order valence-corrected chi connectivity index (χ4v) is 1.96. The normalized spacial score (nSPS) is 25.9. The summed E-state index contributed by atoms with van der Waals surface area (Å²) < 4.78 is 5.34. The second-order valence-electron chi connectivity index (χ2n) is 5.46. The van der Waals surface area contributed by atoms with Crippen LogP contribution in [0.3, 0.4) is 0 Å². The average molecular weight is 230 g/mol. The van der Waals surface area contributed by atoms with Crippen LogP contribution in [0.15, 0.2) is 0 Å². The number of ether oxygens (including phenoxy) is 1. The van der Waals surface area contributed by atoms with Gasteiger partial charge in [-0.2, -0.15) is 0 Å². The summed E-state index contributed by atoms with van der Waals surface area (Å²) in [7, 11) is 0. The van der Waals surface area contributed by atoms with Gasteiger partial charge in [-0.1, -0.05) is 6.92 Å². The maximum absolute atomic E-state index is 11.9. The van der Waals surface area contributed by atoms with E-state index in [1.807, 2.05) is 20.8 Å². The molecule has 0 aliphatic carbocycles. The molecular formula is C11H22N2O3. The lowest BCUT2D eigenvalue weighted by atomic mass is 10.1. The van der Waals surface area contributed by atoms with Crippen molar-refractivity contribution in [3.63, 3.8) is 0 Å². The SMILES string of the molecule is C[C@@H]1C[C@@H](CON)N(C(=O)OC(C)(C)C)C1. The maximum atomic E-state index is 11.9. The second kappa shape index (κ2) is 5.01. The maximum Gasteiger partial charge on any atom is 0.410 e. The van der Waals surface area contributed by atoms with Crippen LogP contribution in [0, 0.1) is 5.92 Å². The molecule has 16 heavy (non-hydrogen) atoms. The molecule has 1 saturated heterocycles. The number of rotatable bonds is 2. The molecule has 1 rings (SSSR count). The first-order valence-corrected chi connectivity index (χ1v) is 5.65. The summed E-state index contributed by atoms with van der Waals surface area (Å²) in [6.07, 6.45) is 0.634. The topological polar surface area (TPSA) is 64.8 Å². The Bertz CT molecular complexity index is 250. The lowest BCUT2D eigenvalue weighted by molar-refractivity contribution is 0.0104. The van der Waals surface area contributed by atoms with Gasteiger partial charge in [0.1, 0.15) is 5.60 Å². The van der Waals surface area contributed by atoms with E-state index in [1.165, 1.54) is 0 Å². The Hall–Kier alpha value is -0.810. The van der Waals surface area contributed by atoms with Gasteiger partial charge in [0.25, 0.3) is 0 Å². The van der Waals surface area contributed by atoms with Crippen molar-refractivity contribution in [3.8, 4) is 0 Å². The largest absolute Gasteiger partial charge is 0.444 e. The molecule has 94 valence electrons. The highest BCUT2D eigenvalue weighted by molar-refractivity contribution is 5.69. The van der Waals surface area contributed by atoms with Crippen molar-refractivity contribution in [2.75, 3.05) is 13.2 Å². The van der Waals surface area contributed by atoms with E-state index in [2.05, 4.69) is 11.8 Å². The first-order chi connectivity index (χ1) is 7.33. The van der Waals surface area contributed by atoms with Crippen LogP contribution in [0.4, 0.5) is 4.79 Å². The molecule has 0 spiro atoms. The summed E-state index contributed by atoms with van der Waals surface area (Å²) in [6.45, 7) is 8.76. The predicted molar refractivity (Wildman–Crippen MR) is 60.6 cm³/mol. The molecule has 0 saturated carbocycles. The van der Waals surface area contributed by atoms with E-state index in [9.17, 15) is 4.79 Å². The number of likely N-dealkylation sites (tertiary alicyclic amines) is 1. The van der Waals surface area contributed by atoms with E-state index in [0.29, 0.717) is 19.1 Å². The molecule has 2 N–H and O–H groups in total. The Balaban J connectivity index is 2.59. The van der Waals surface area contributed by atoms with E-state index in [1.54, 1.807) is 4.90 Å². The van der Waals surface area contributed by atoms with E-state index in [4.69, 9.17) is 10.6 Å². The molecule has 0 aromatic heterocycles. The Morgan fingerprint density at radius 2 is 2.12 bits per heavy atom. The summed E-state index contributed by atoms with van der Waals surface area (Å²) in [5.74, 6) is 5.53. The van der Waals surface area contributed by atoms with Crippen molar-refractivity contribution in [2.45, 2.75) is 45.8 Å². The summed E-state index contributed by atoms with van der Waals surface area (Å²) in [5, 5.41) is 0. The molecule has 0 unspecified atom stereocenters. The minimum absolute atomic E-state index is 0.0369. The third-order valence-electron chi connectivity index (χ3n) is 2.54. The van der Waals surface area contributed by atoms with E-state index < -0.39 is 5.60 Å². The Kier molecular flexibility index (Phi) is 4.15. The van der Waals surface area contributed by atoms with Gasteiger partial charge in [0.15, 0.2) is 0 Å². The zero-order chi connectivity index (χ0) is 12.3. The Morgan fingerprint density at radius 1 is 1.50 bits per heavy atom. The van der Waals surface area contributed by atoms with Gasteiger partial charge in [-0.05, 0) is 33.1 Å². The van der Waals surface area contributed by atoms with E-state index >= 15 is 0 Å². The number of nitrogens with two attached hydrogens (primary N) is 1. The van der Waals surface area contributed by atoms with Gasteiger partial charge >= 0.3 is 6.09 Å². The van der Waals surface area contributed by atoms with E-state index in [-0.39, 0.29) is 12.1 Å². The van der Waals surface area contributed by atoms with Gasteiger partial charge in [-0.15, -0.1) is 0 Å². The van der Waals surface area contributed by atoms with Crippen molar-refractivity contribution in [2.24, 2.45) is 11.8 Å². The highest BCUT2D eigenvalue weighted by atomic mass is 16.6. The van der Waals surface area contributed by atoms with Gasteiger partial charge in [-0.3, -0.25) is 0 Å². The molecule has 2 atom stereocenters. The highest BCUT2D eigenvalue weighted by Gasteiger charge is 2.35. The van der Waals surface area contributed by atoms with Crippen molar-refractivity contribution in [1.82, 2.24) is 4.90 Å². The molecule has 1 heterocycles. The standard InChI is InChI=1S/C11H22N2O3/c1-8-5-9(7-15-12)13(6-8)10(14)16-11(2,3)4/h8-9H,5-7,12H2,1-4H3/t8-,9+/m1/s1. The first kappa shape index (κ1) is 13.3. The van der Waals surface area contributed by atoms with Crippen LogP contribution >= 0.6 is 0 Å². The van der Waals surface area contributed by atoms with Crippen LogP contribution in [-0.2, 0) is 9.57 Å². The van der Waals surface area contributed by atoms with Crippen molar-refractivity contribution < 1.29 is 14.4 Å². The number of nitrogens with zero attached hydrogens (tertiary/aromatic N) is 1. The third-order valence-corrected chi connectivity index (χ3v) is 2.54. The zero-order valence-electron chi connectivity index (χ0n) is 10.5. The zero-order valence-corrected chi connectivity index (χ0v) is 10.5. The Morgan fingerprint density at radius 3 is 2.62 bits per heavy atom. The molecule has 5 heteroatoms.